The van der Waals surface area contributed by atoms with Gasteiger partial charge < -0.3 is 10.2 Å². The van der Waals surface area contributed by atoms with Crippen molar-refractivity contribution in [1.82, 2.24) is 10.2 Å². The lowest BCUT2D eigenvalue weighted by molar-refractivity contribution is -0.125. The fourth-order valence-corrected chi connectivity index (χ4v) is 3.28. The molecule has 1 N–H and O–H groups in total. The second-order valence-electron chi connectivity index (χ2n) is 6.15. The Morgan fingerprint density at radius 3 is 2.64 bits per heavy atom. The van der Waals surface area contributed by atoms with Crippen molar-refractivity contribution in [3.63, 3.8) is 0 Å². The fraction of sp³-hybridized carbons (Fsp3) is 0.467. The fourth-order valence-electron chi connectivity index (χ4n) is 2.13. The zero-order valence-electron chi connectivity index (χ0n) is 12.7. The first-order valence-electron chi connectivity index (χ1n) is 6.85. The summed E-state index contributed by atoms with van der Waals surface area (Å²) in [5, 5.41) is 2.81. The van der Waals surface area contributed by atoms with Crippen LogP contribution in [0.5, 0.6) is 0 Å². The summed E-state index contributed by atoms with van der Waals surface area (Å²) in [5.41, 5.74) is -0.778. The Kier molecular flexibility index (Phi) is 4.75. The van der Waals surface area contributed by atoms with Crippen LogP contribution in [0.3, 0.4) is 0 Å². The number of nitrogens with zero attached hydrogens (tertiary/aromatic N) is 1. The lowest BCUT2D eigenvalue weighted by Crippen LogP contribution is -2.52. The van der Waals surface area contributed by atoms with E-state index in [2.05, 4.69) is 5.32 Å². The van der Waals surface area contributed by atoms with Crippen LogP contribution < -0.4 is 5.32 Å². The molecule has 1 unspecified atom stereocenters. The van der Waals surface area contributed by atoms with Crippen molar-refractivity contribution < 1.29 is 18.4 Å². The van der Waals surface area contributed by atoms with Gasteiger partial charge in [0, 0.05) is 11.3 Å². The van der Waals surface area contributed by atoms with Gasteiger partial charge in [0.1, 0.15) is 17.7 Å². The highest BCUT2D eigenvalue weighted by molar-refractivity contribution is 7.99. The average molecular weight is 328 g/mol. The predicted molar refractivity (Wildman–Crippen MR) is 81.5 cm³/mol. The number of hydrogen-bond donors (Lipinski definition) is 1. The maximum Gasteiger partial charge on any atom is 0.258 e. The van der Waals surface area contributed by atoms with E-state index in [1.54, 1.807) is 0 Å². The third kappa shape index (κ3) is 3.76. The van der Waals surface area contributed by atoms with Crippen LogP contribution in [0.2, 0.25) is 0 Å². The Hall–Kier alpha value is -1.63. The summed E-state index contributed by atoms with van der Waals surface area (Å²) in [6.07, 6.45) is 0. The minimum atomic E-state index is -0.793. The van der Waals surface area contributed by atoms with E-state index < -0.39 is 29.1 Å². The minimum Gasteiger partial charge on any atom is -0.350 e. The van der Waals surface area contributed by atoms with E-state index in [9.17, 15) is 18.4 Å². The van der Waals surface area contributed by atoms with E-state index in [4.69, 9.17) is 0 Å². The minimum absolute atomic E-state index is 0.275. The highest BCUT2D eigenvalue weighted by atomic mass is 32.2. The van der Waals surface area contributed by atoms with Crippen molar-refractivity contribution >= 4 is 23.6 Å². The molecule has 2 amide bonds. The summed E-state index contributed by atoms with van der Waals surface area (Å²) in [6.45, 7) is 5.52. The van der Waals surface area contributed by atoms with Crippen molar-refractivity contribution in [2.24, 2.45) is 0 Å². The van der Waals surface area contributed by atoms with Crippen LogP contribution in [-0.2, 0) is 4.79 Å². The first-order chi connectivity index (χ1) is 10.2. The molecule has 0 aromatic heterocycles. The van der Waals surface area contributed by atoms with E-state index in [0.717, 1.165) is 18.2 Å². The van der Waals surface area contributed by atoms with Gasteiger partial charge >= 0.3 is 0 Å². The van der Waals surface area contributed by atoms with Crippen LogP contribution >= 0.6 is 11.8 Å². The SMILES string of the molecule is CC(C)(C)NC(=O)C1CSCN1C(=O)c1cc(F)ccc1F. The van der Waals surface area contributed by atoms with E-state index in [1.807, 2.05) is 20.8 Å². The number of carbonyl (C=O) groups excluding carboxylic acids is 2. The number of amides is 2. The summed E-state index contributed by atoms with van der Waals surface area (Å²) in [5.74, 6) is -1.73. The Labute approximate surface area is 132 Å². The third-order valence-corrected chi connectivity index (χ3v) is 4.12. The predicted octanol–water partition coefficient (Wildman–Crippen LogP) is 2.39. The molecule has 0 saturated carbocycles. The van der Waals surface area contributed by atoms with Crippen molar-refractivity contribution in [3.05, 3.63) is 35.4 Å². The summed E-state index contributed by atoms with van der Waals surface area (Å²) in [7, 11) is 0. The Morgan fingerprint density at radius 1 is 1.32 bits per heavy atom. The number of halogens is 2. The molecule has 0 aliphatic carbocycles. The van der Waals surface area contributed by atoms with Crippen LogP contribution in [0.25, 0.3) is 0 Å². The quantitative estimate of drug-likeness (QED) is 0.907. The summed E-state index contributed by atoms with van der Waals surface area (Å²) >= 11 is 1.41. The lowest BCUT2D eigenvalue weighted by Gasteiger charge is -2.27. The van der Waals surface area contributed by atoms with Gasteiger partial charge in [-0.1, -0.05) is 0 Å². The van der Waals surface area contributed by atoms with Crippen LogP contribution in [0.15, 0.2) is 18.2 Å². The van der Waals surface area contributed by atoms with Gasteiger partial charge in [-0.25, -0.2) is 8.78 Å². The number of nitrogens with one attached hydrogen (secondary N) is 1. The molecule has 1 fully saturated rings. The highest BCUT2D eigenvalue weighted by Gasteiger charge is 2.37. The van der Waals surface area contributed by atoms with Gasteiger partial charge in [-0.2, -0.15) is 0 Å². The van der Waals surface area contributed by atoms with E-state index in [0.29, 0.717) is 5.75 Å². The molecule has 1 aliphatic rings. The molecule has 2 rings (SSSR count). The zero-order valence-corrected chi connectivity index (χ0v) is 13.5. The number of thioether (sulfide) groups is 1. The molecule has 7 heteroatoms. The molecule has 1 aromatic rings. The van der Waals surface area contributed by atoms with Crippen LogP contribution in [0.4, 0.5) is 8.78 Å². The monoisotopic (exact) mass is 328 g/mol. The van der Waals surface area contributed by atoms with Gasteiger partial charge in [0.2, 0.25) is 5.91 Å². The second-order valence-corrected chi connectivity index (χ2v) is 7.15. The van der Waals surface area contributed by atoms with Gasteiger partial charge in [0.05, 0.1) is 11.4 Å². The topological polar surface area (TPSA) is 49.4 Å². The molecule has 4 nitrogen and oxygen atoms in total. The Balaban J connectivity index is 2.21. The van der Waals surface area contributed by atoms with Crippen molar-refractivity contribution in [2.45, 2.75) is 32.4 Å². The van der Waals surface area contributed by atoms with E-state index >= 15 is 0 Å². The first-order valence-corrected chi connectivity index (χ1v) is 8.00. The van der Waals surface area contributed by atoms with Crippen LogP contribution in [0.1, 0.15) is 31.1 Å². The number of hydrogen-bond acceptors (Lipinski definition) is 3. The Morgan fingerprint density at radius 2 is 2.00 bits per heavy atom. The van der Waals surface area contributed by atoms with Gasteiger partial charge in [0.15, 0.2) is 0 Å². The molecular weight excluding hydrogens is 310 g/mol. The maximum absolute atomic E-state index is 13.8. The van der Waals surface area contributed by atoms with E-state index in [-0.39, 0.29) is 17.3 Å². The summed E-state index contributed by atoms with van der Waals surface area (Å²) in [6, 6.07) is 2.05. The molecular formula is C15H18F2N2O2S. The normalized spacial score (nSPS) is 18.4. The van der Waals surface area contributed by atoms with Gasteiger partial charge in [-0.05, 0) is 39.0 Å². The van der Waals surface area contributed by atoms with Crippen molar-refractivity contribution in [2.75, 3.05) is 11.6 Å². The number of carbonyl (C=O) groups is 2. The summed E-state index contributed by atoms with van der Waals surface area (Å²) in [4.78, 5) is 26.0. The first kappa shape index (κ1) is 16.7. The number of rotatable bonds is 2. The standard InChI is InChI=1S/C15H18F2N2O2S/c1-15(2,3)18-13(20)12-7-22-8-19(12)14(21)10-6-9(16)4-5-11(10)17/h4-6,12H,7-8H2,1-3H3,(H,18,20). The van der Waals surface area contributed by atoms with Gasteiger partial charge in [-0.3, -0.25) is 9.59 Å². The van der Waals surface area contributed by atoms with Crippen LogP contribution in [0, 0.1) is 11.6 Å². The molecule has 120 valence electrons. The molecule has 1 aliphatic heterocycles. The molecule has 0 spiro atoms. The van der Waals surface area contributed by atoms with Crippen LogP contribution in [-0.4, -0.2) is 39.9 Å². The van der Waals surface area contributed by atoms with E-state index in [1.165, 1.54) is 16.7 Å². The molecule has 1 aromatic carbocycles. The van der Waals surface area contributed by atoms with Gasteiger partial charge in [0.25, 0.3) is 5.91 Å². The van der Waals surface area contributed by atoms with Gasteiger partial charge in [-0.15, -0.1) is 11.8 Å². The Bertz CT molecular complexity index is 602. The molecule has 22 heavy (non-hydrogen) atoms. The largest absolute Gasteiger partial charge is 0.350 e. The lowest BCUT2D eigenvalue weighted by atomic mass is 10.1. The zero-order chi connectivity index (χ0) is 16.5. The van der Waals surface area contributed by atoms with Crippen molar-refractivity contribution in [3.8, 4) is 0 Å². The third-order valence-electron chi connectivity index (χ3n) is 3.10. The molecule has 1 saturated heterocycles. The molecule has 1 atom stereocenters. The average Bonchev–Trinajstić information content (AvgIpc) is 2.88. The molecule has 0 bridgehead atoms. The van der Waals surface area contributed by atoms with Crippen molar-refractivity contribution in [1.29, 1.82) is 0 Å². The summed E-state index contributed by atoms with van der Waals surface area (Å²) < 4.78 is 27.0. The smallest absolute Gasteiger partial charge is 0.258 e. The maximum atomic E-state index is 13.8. The number of benzene rings is 1. The highest BCUT2D eigenvalue weighted by Crippen LogP contribution is 2.25. The molecule has 0 radical (unpaired) electrons. The molecule has 1 heterocycles. The second kappa shape index (κ2) is 6.24.